The summed E-state index contributed by atoms with van der Waals surface area (Å²) >= 11 is 0. The Morgan fingerprint density at radius 3 is 1.67 bits per heavy atom. The molecule has 0 aliphatic rings. The average molecular weight is 741 g/mol. The minimum Gasteiger partial charge on any atom is -0.436 e. The number of anilines is 3. The molecule has 0 saturated heterocycles. The SMILES string of the molecule is c1ccc(-c2nc3c(ccc4ccc(-c5ccc(N(c6ccc(-c7cc8ccccc8c8ccccc78)cc6)c6ccccc6-c6ccccc6)cc5)cc43)o2)cc1. The second-order valence-electron chi connectivity index (χ2n) is 14.7. The molecular weight excluding hydrogens is 705 g/mol. The maximum Gasteiger partial charge on any atom is 0.227 e. The lowest BCUT2D eigenvalue weighted by atomic mass is 9.93. The van der Waals surface area contributed by atoms with Crippen molar-refractivity contribution in [2.24, 2.45) is 0 Å². The van der Waals surface area contributed by atoms with Crippen LogP contribution < -0.4 is 4.90 Å². The molecule has 0 bridgehead atoms. The second-order valence-corrected chi connectivity index (χ2v) is 14.7. The van der Waals surface area contributed by atoms with Crippen LogP contribution in [0.25, 0.3) is 88.3 Å². The van der Waals surface area contributed by atoms with Crippen LogP contribution in [-0.4, -0.2) is 4.98 Å². The van der Waals surface area contributed by atoms with Crippen LogP contribution >= 0.6 is 0 Å². The van der Waals surface area contributed by atoms with Crippen molar-refractivity contribution >= 4 is 60.5 Å². The van der Waals surface area contributed by atoms with E-state index < -0.39 is 0 Å². The Labute approximate surface area is 336 Å². The first-order valence-corrected chi connectivity index (χ1v) is 19.7. The summed E-state index contributed by atoms with van der Waals surface area (Å²) in [6, 6.07) is 77.8. The van der Waals surface area contributed by atoms with Crippen molar-refractivity contribution in [1.82, 2.24) is 4.98 Å². The third-order valence-corrected chi connectivity index (χ3v) is 11.3. The Kier molecular flexibility index (Phi) is 8.15. The highest BCUT2D eigenvalue weighted by Gasteiger charge is 2.19. The molecule has 0 spiro atoms. The molecule has 3 nitrogen and oxygen atoms in total. The molecule has 11 rings (SSSR count). The number of aromatic nitrogens is 1. The van der Waals surface area contributed by atoms with E-state index in [1.165, 1.54) is 38.2 Å². The van der Waals surface area contributed by atoms with E-state index in [1.54, 1.807) is 0 Å². The molecule has 0 N–H and O–H groups in total. The number of para-hydroxylation sites is 1. The highest BCUT2D eigenvalue weighted by Crippen LogP contribution is 2.43. The minimum absolute atomic E-state index is 0.632. The Hall–Kier alpha value is -7.75. The van der Waals surface area contributed by atoms with Crippen LogP contribution in [-0.2, 0) is 0 Å². The first kappa shape index (κ1) is 33.6. The van der Waals surface area contributed by atoms with E-state index in [2.05, 4.69) is 187 Å². The molecule has 0 amide bonds. The van der Waals surface area contributed by atoms with E-state index in [1.807, 2.05) is 36.4 Å². The smallest absolute Gasteiger partial charge is 0.227 e. The fourth-order valence-corrected chi connectivity index (χ4v) is 8.44. The third kappa shape index (κ3) is 5.89. The van der Waals surface area contributed by atoms with Crippen molar-refractivity contribution in [2.45, 2.75) is 0 Å². The van der Waals surface area contributed by atoms with E-state index in [4.69, 9.17) is 9.40 Å². The van der Waals surface area contributed by atoms with Crippen LogP contribution in [0.3, 0.4) is 0 Å². The number of hydrogen-bond donors (Lipinski definition) is 0. The van der Waals surface area contributed by atoms with Crippen molar-refractivity contribution in [3.63, 3.8) is 0 Å². The van der Waals surface area contributed by atoms with Gasteiger partial charge in [-0.25, -0.2) is 4.98 Å². The number of fused-ring (bicyclic) bond motifs is 6. The standard InChI is InChI=1S/C55H36N2O/c1-3-13-38(14-4-1)47-19-11-12-22-52(47)57(45-32-27-39(28-33-45)50-36-43-17-7-8-18-46(43)48-20-9-10-21-49(48)50)44-30-25-37(26-31-44)42-24-23-40-29-34-53-54(51(40)35-42)56-55(58-53)41-15-5-2-6-16-41/h1-36H. The summed E-state index contributed by atoms with van der Waals surface area (Å²) in [5, 5.41) is 7.25. The molecule has 1 heterocycles. The first-order valence-electron chi connectivity index (χ1n) is 19.7. The Bertz CT molecular complexity index is 3260. The topological polar surface area (TPSA) is 29.3 Å². The van der Waals surface area contributed by atoms with Gasteiger partial charge in [-0.1, -0.05) is 158 Å². The molecular formula is C55H36N2O. The summed E-state index contributed by atoms with van der Waals surface area (Å²) in [6.45, 7) is 0. The molecule has 11 aromatic rings. The summed E-state index contributed by atoms with van der Waals surface area (Å²) < 4.78 is 6.23. The maximum atomic E-state index is 6.23. The lowest BCUT2D eigenvalue weighted by Gasteiger charge is -2.28. The molecule has 0 saturated carbocycles. The van der Waals surface area contributed by atoms with Crippen LogP contribution in [0, 0.1) is 0 Å². The van der Waals surface area contributed by atoms with Gasteiger partial charge in [-0.15, -0.1) is 0 Å². The molecule has 3 heteroatoms. The normalized spacial score (nSPS) is 11.4. The van der Waals surface area contributed by atoms with Crippen LogP contribution in [0.2, 0.25) is 0 Å². The van der Waals surface area contributed by atoms with Gasteiger partial charge in [-0.3, -0.25) is 0 Å². The van der Waals surface area contributed by atoms with Gasteiger partial charge in [0.1, 0.15) is 5.52 Å². The third-order valence-electron chi connectivity index (χ3n) is 11.3. The fraction of sp³-hybridized carbons (Fsp3) is 0. The van der Waals surface area contributed by atoms with Crippen LogP contribution in [0.1, 0.15) is 0 Å². The number of benzene rings is 10. The molecule has 272 valence electrons. The summed E-state index contributed by atoms with van der Waals surface area (Å²) in [7, 11) is 0. The molecule has 0 aliphatic heterocycles. The van der Waals surface area contributed by atoms with Gasteiger partial charge in [-0.2, -0.15) is 0 Å². The van der Waals surface area contributed by atoms with Crippen LogP contribution in [0.5, 0.6) is 0 Å². The number of nitrogens with zero attached hydrogens (tertiary/aromatic N) is 2. The summed E-state index contributed by atoms with van der Waals surface area (Å²) in [6.07, 6.45) is 0. The lowest BCUT2D eigenvalue weighted by Crippen LogP contribution is -2.11. The molecule has 0 radical (unpaired) electrons. The summed E-state index contributed by atoms with van der Waals surface area (Å²) in [5.41, 5.74) is 12.9. The number of oxazole rings is 1. The Morgan fingerprint density at radius 1 is 0.345 bits per heavy atom. The fourth-order valence-electron chi connectivity index (χ4n) is 8.44. The van der Waals surface area contributed by atoms with Gasteiger partial charge in [0.2, 0.25) is 5.89 Å². The molecule has 1 aromatic heterocycles. The molecule has 58 heavy (non-hydrogen) atoms. The highest BCUT2D eigenvalue weighted by molar-refractivity contribution is 6.14. The molecule has 0 atom stereocenters. The molecule has 0 fully saturated rings. The van der Waals surface area contributed by atoms with Gasteiger partial charge in [0, 0.05) is 27.9 Å². The molecule has 0 aliphatic carbocycles. The van der Waals surface area contributed by atoms with E-state index in [0.29, 0.717) is 5.89 Å². The number of hydrogen-bond acceptors (Lipinski definition) is 3. The lowest BCUT2D eigenvalue weighted by molar-refractivity contribution is 0.620. The van der Waals surface area contributed by atoms with Gasteiger partial charge in [-0.05, 0) is 115 Å². The molecule has 0 unspecified atom stereocenters. The zero-order valence-electron chi connectivity index (χ0n) is 31.6. The number of rotatable bonds is 7. The van der Waals surface area contributed by atoms with Gasteiger partial charge in [0.15, 0.2) is 5.58 Å². The monoisotopic (exact) mass is 740 g/mol. The minimum atomic E-state index is 0.632. The Balaban J connectivity index is 1.01. The van der Waals surface area contributed by atoms with Crippen LogP contribution in [0.15, 0.2) is 223 Å². The van der Waals surface area contributed by atoms with Gasteiger partial charge < -0.3 is 9.32 Å². The van der Waals surface area contributed by atoms with Gasteiger partial charge >= 0.3 is 0 Å². The van der Waals surface area contributed by atoms with Gasteiger partial charge in [0.05, 0.1) is 5.69 Å². The molecule has 10 aromatic carbocycles. The van der Waals surface area contributed by atoms with E-state index in [0.717, 1.165) is 61.2 Å². The maximum absolute atomic E-state index is 6.23. The average Bonchev–Trinajstić information content (AvgIpc) is 3.76. The quantitative estimate of drug-likeness (QED) is 0.152. The van der Waals surface area contributed by atoms with Crippen molar-refractivity contribution in [1.29, 1.82) is 0 Å². The summed E-state index contributed by atoms with van der Waals surface area (Å²) in [5.74, 6) is 0.632. The van der Waals surface area contributed by atoms with Crippen molar-refractivity contribution in [3.05, 3.63) is 218 Å². The second kappa shape index (κ2) is 14.1. The van der Waals surface area contributed by atoms with Crippen molar-refractivity contribution in [2.75, 3.05) is 4.90 Å². The predicted molar refractivity (Wildman–Crippen MR) is 243 cm³/mol. The highest BCUT2D eigenvalue weighted by atomic mass is 16.3. The van der Waals surface area contributed by atoms with Crippen molar-refractivity contribution in [3.8, 4) is 44.8 Å². The first-order chi connectivity index (χ1) is 28.7. The van der Waals surface area contributed by atoms with E-state index in [9.17, 15) is 0 Å². The Morgan fingerprint density at radius 2 is 0.914 bits per heavy atom. The zero-order chi connectivity index (χ0) is 38.4. The largest absolute Gasteiger partial charge is 0.436 e. The predicted octanol–water partition coefficient (Wildman–Crippen LogP) is 15.4. The zero-order valence-corrected chi connectivity index (χ0v) is 31.6. The van der Waals surface area contributed by atoms with Gasteiger partial charge in [0.25, 0.3) is 0 Å². The van der Waals surface area contributed by atoms with Crippen molar-refractivity contribution < 1.29 is 4.42 Å². The van der Waals surface area contributed by atoms with Crippen LogP contribution in [0.4, 0.5) is 17.1 Å². The van der Waals surface area contributed by atoms with E-state index in [-0.39, 0.29) is 0 Å². The summed E-state index contributed by atoms with van der Waals surface area (Å²) in [4.78, 5) is 7.34. The van der Waals surface area contributed by atoms with E-state index >= 15 is 0 Å².